The molecule has 3 N–H and O–H groups in total. The highest BCUT2D eigenvalue weighted by Gasteiger charge is 2.03. The SMILES string of the molecule is CC(C)Oc1ccc(Nc2cccc(Cl)c2N)cc1. The van der Waals surface area contributed by atoms with Crippen molar-refractivity contribution in [2.24, 2.45) is 0 Å². The molecule has 0 aromatic heterocycles. The lowest BCUT2D eigenvalue weighted by Gasteiger charge is -2.12. The van der Waals surface area contributed by atoms with Crippen molar-refractivity contribution in [2.75, 3.05) is 11.1 Å². The minimum absolute atomic E-state index is 0.169. The number of para-hydroxylation sites is 1. The average molecular weight is 277 g/mol. The van der Waals surface area contributed by atoms with Gasteiger partial charge in [0, 0.05) is 5.69 Å². The Morgan fingerprint density at radius 1 is 1.11 bits per heavy atom. The fraction of sp³-hybridized carbons (Fsp3) is 0.200. The number of hydrogen-bond acceptors (Lipinski definition) is 3. The summed E-state index contributed by atoms with van der Waals surface area (Å²) in [5, 5.41) is 3.77. The van der Waals surface area contributed by atoms with Gasteiger partial charge in [0.15, 0.2) is 0 Å². The van der Waals surface area contributed by atoms with Crippen LogP contribution in [0.15, 0.2) is 42.5 Å². The number of nitrogens with one attached hydrogen (secondary N) is 1. The normalized spacial score (nSPS) is 10.5. The average Bonchev–Trinajstić information content (AvgIpc) is 2.37. The number of hydrogen-bond donors (Lipinski definition) is 2. The summed E-state index contributed by atoms with van der Waals surface area (Å²) in [6, 6.07) is 13.2. The first kappa shape index (κ1) is 13.6. The van der Waals surface area contributed by atoms with E-state index in [-0.39, 0.29) is 6.10 Å². The Labute approximate surface area is 118 Å². The molecule has 0 unspecified atom stereocenters. The van der Waals surface area contributed by atoms with Gasteiger partial charge in [0.2, 0.25) is 0 Å². The number of rotatable bonds is 4. The van der Waals surface area contributed by atoms with Gasteiger partial charge in [0.05, 0.1) is 22.5 Å². The standard InChI is InChI=1S/C15H17ClN2O/c1-10(2)19-12-8-6-11(7-9-12)18-14-5-3-4-13(16)15(14)17/h3-10,18H,17H2,1-2H3. The summed E-state index contributed by atoms with van der Waals surface area (Å²) in [7, 11) is 0. The van der Waals surface area contributed by atoms with E-state index in [1.165, 1.54) is 0 Å². The summed E-state index contributed by atoms with van der Waals surface area (Å²) in [5.74, 6) is 0.847. The van der Waals surface area contributed by atoms with Gasteiger partial charge in [-0.15, -0.1) is 0 Å². The lowest BCUT2D eigenvalue weighted by atomic mass is 10.2. The fourth-order valence-corrected chi connectivity index (χ4v) is 1.87. The predicted octanol–water partition coefficient (Wildman–Crippen LogP) is 4.45. The van der Waals surface area contributed by atoms with Gasteiger partial charge >= 0.3 is 0 Å². The van der Waals surface area contributed by atoms with Gasteiger partial charge in [-0.3, -0.25) is 0 Å². The van der Waals surface area contributed by atoms with Crippen molar-refractivity contribution in [2.45, 2.75) is 20.0 Å². The molecule has 2 aromatic carbocycles. The Hall–Kier alpha value is -1.87. The third-order valence-corrected chi connectivity index (χ3v) is 2.89. The highest BCUT2D eigenvalue weighted by molar-refractivity contribution is 6.33. The second kappa shape index (κ2) is 5.85. The number of halogens is 1. The van der Waals surface area contributed by atoms with Gasteiger partial charge < -0.3 is 15.8 Å². The third kappa shape index (κ3) is 3.55. The topological polar surface area (TPSA) is 47.3 Å². The van der Waals surface area contributed by atoms with Gasteiger partial charge in [-0.05, 0) is 50.2 Å². The van der Waals surface area contributed by atoms with Gasteiger partial charge in [-0.2, -0.15) is 0 Å². The molecule has 0 radical (unpaired) electrons. The maximum Gasteiger partial charge on any atom is 0.119 e. The van der Waals surface area contributed by atoms with E-state index in [0.717, 1.165) is 17.1 Å². The maximum atomic E-state index is 5.98. The first-order valence-corrected chi connectivity index (χ1v) is 6.52. The van der Waals surface area contributed by atoms with Crippen LogP contribution in [0.25, 0.3) is 0 Å². The summed E-state index contributed by atoms with van der Waals surface area (Å²) < 4.78 is 5.59. The van der Waals surface area contributed by atoms with Gasteiger partial charge in [-0.25, -0.2) is 0 Å². The lowest BCUT2D eigenvalue weighted by Crippen LogP contribution is -2.05. The number of nitrogens with two attached hydrogens (primary N) is 1. The van der Waals surface area contributed by atoms with Crippen LogP contribution < -0.4 is 15.8 Å². The summed E-state index contributed by atoms with van der Waals surface area (Å²) >= 11 is 5.98. The molecule has 0 bridgehead atoms. The molecule has 0 aliphatic rings. The first-order valence-electron chi connectivity index (χ1n) is 6.14. The molecular formula is C15H17ClN2O. The van der Waals surface area contributed by atoms with E-state index in [0.29, 0.717) is 10.7 Å². The zero-order valence-corrected chi connectivity index (χ0v) is 11.7. The van der Waals surface area contributed by atoms with Crippen molar-refractivity contribution in [3.8, 4) is 5.75 Å². The van der Waals surface area contributed by atoms with Crippen molar-refractivity contribution in [3.05, 3.63) is 47.5 Å². The van der Waals surface area contributed by atoms with Crippen LogP contribution in [0.3, 0.4) is 0 Å². The quantitative estimate of drug-likeness (QED) is 0.811. The molecule has 2 aromatic rings. The van der Waals surface area contributed by atoms with Crippen LogP contribution in [-0.2, 0) is 0 Å². The van der Waals surface area contributed by atoms with Crippen LogP contribution in [0, 0.1) is 0 Å². The highest BCUT2D eigenvalue weighted by Crippen LogP contribution is 2.29. The van der Waals surface area contributed by atoms with Gasteiger partial charge in [0.1, 0.15) is 5.75 Å². The van der Waals surface area contributed by atoms with E-state index < -0.39 is 0 Å². The molecular weight excluding hydrogens is 260 g/mol. The Balaban J connectivity index is 2.13. The van der Waals surface area contributed by atoms with E-state index in [2.05, 4.69) is 5.32 Å². The number of ether oxygens (including phenoxy) is 1. The van der Waals surface area contributed by atoms with Crippen molar-refractivity contribution in [1.29, 1.82) is 0 Å². The second-order valence-corrected chi connectivity index (χ2v) is 4.92. The monoisotopic (exact) mass is 276 g/mol. The fourth-order valence-electron chi connectivity index (χ4n) is 1.69. The van der Waals surface area contributed by atoms with Crippen LogP contribution in [0.2, 0.25) is 5.02 Å². The van der Waals surface area contributed by atoms with E-state index in [9.17, 15) is 0 Å². The van der Waals surface area contributed by atoms with Crippen LogP contribution in [0.1, 0.15) is 13.8 Å². The van der Waals surface area contributed by atoms with Crippen molar-refractivity contribution < 1.29 is 4.74 Å². The molecule has 19 heavy (non-hydrogen) atoms. The summed E-state index contributed by atoms with van der Waals surface area (Å²) in [5.41, 5.74) is 8.19. The molecule has 2 rings (SSSR count). The Bertz CT molecular complexity index is 553. The van der Waals surface area contributed by atoms with Crippen LogP contribution in [0.5, 0.6) is 5.75 Å². The molecule has 0 saturated carbocycles. The minimum atomic E-state index is 0.169. The van der Waals surface area contributed by atoms with E-state index >= 15 is 0 Å². The highest BCUT2D eigenvalue weighted by atomic mass is 35.5. The molecule has 0 spiro atoms. The number of anilines is 3. The number of benzene rings is 2. The zero-order valence-electron chi connectivity index (χ0n) is 11.0. The van der Waals surface area contributed by atoms with Crippen molar-refractivity contribution in [3.63, 3.8) is 0 Å². The second-order valence-electron chi connectivity index (χ2n) is 4.52. The predicted molar refractivity (Wildman–Crippen MR) is 81.4 cm³/mol. The smallest absolute Gasteiger partial charge is 0.119 e. The molecule has 0 fully saturated rings. The maximum absolute atomic E-state index is 5.98. The first-order chi connectivity index (χ1) is 9.06. The third-order valence-electron chi connectivity index (χ3n) is 2.56. The van der Waals surface area contributed by atoms with Crippen molar-refractivity contribution in [1.82, 2.24) is 0 Å². The molecule has 3 nitrogen and oxygen atoms in total. The zero-order chi connectivity index (χ0) is 13.8. The van der Waals surface area contributed by atoms with Crippen LogP contribution in [-0.4, -0.2) is 6.10 Å². The molecule has 0 saturated heterocycles. The molecule has 0 atom stereocenters. The number of nitrogen functional groups attached to an aromatic ring is 1. The molecule has 100 valence electrons. The molecule has 0 heterocycles. The molecule has 0 amide bonds. The van der Waals surface area contributed by atoms with Gasteiger partial charge in [-0.1, -0.05) is 17.7 Å². The van der Waals surface area contributed by atoms with Crippen LogP contribution in [0.4, 0.5) is 17.1 Å². The lowest BCUT2D eigenvalue weighted by molar-refractivity contribution is 0.242. The van der Waals surface area contributed by atoms with Crippen molar-refractivity contribution >= 4 is 28.7 Å². The summed E-state index contributed by atoms with van der Waals surface area (Å²) in [4.78, 5) is 0. The van der Waals surface area contributed by atoms with Gasteiger partial charge in [0.25, 0.3) is 0 Å². The largest absolute Gasteiger partial charge is 0.491 e. The van der Waals surface area contributed by atoms with E-state index in [1.54, 1.807) is 6.07 Å². The molecule has 4 heteroatoms. The van der Waals surface area contributed by atoms with E-state index in [4.69, 9.17) is 22.1 Å². The Morgan fingerprint density at radius 3 is 2.42 bits per heavy atom. The van der Waals surface area contributed by atoms with Crippen LogP contribution >= 0.6 is 11.6 Å². The summed E-state index contributed by atoms with van der Waals surface area (Å²) in [6.45, 7) is 4.00. The van der Waals surface area contributed by atoms with E-state index in [1.807, 2.05) is 50.2 Å². The molecule has 0 aliphatic heterocycles. The Morgan fingerprint density at radius 2 is 1.79 bits per heavy atom. The Kier molecular flexibility index (Phi) is 4.17. The minimum Gasteiger partial charge on any atom is -0.491 e. The summed E-state index contributed by atoms with van der Waals surface area (Å²) in [6.07, 6.45) is 0.169. The molecule has 0 aliphatic carbocycles.